The van der Waals surface area contributed by atoms with Crippen LogP contribution >= 0.6 is 0 Å². The SMILES string of the molecule is CC(C)c1c(-c2cc(C(=O)O)nn2C)ccc2c1OCCCO2. The van der Waals surface area contributed by atoms with Crippen molar-refractivity contribution in [3.63, 3.8) is 0 Å². The van der Waals surface area contributed by atoms with Crippen molar-refractivity contribution in [3.8, 4) is 22.8 Å². The number of hydrogen-bond acceptors (Lipinski definition) is 4. The van der Waals surface area contributed by atoms with Gasteiger partial charge in [-0.25, -0.2) is 4.79 Å². The molecule has 2 aromatic rings. The van der Waals surface area contributed by atoms with Crippen LogP contribution < -0.4 is 9.47 Å². The topological polar surface area (TPSA) is 73.6 Å². The van der Waals surface area contributed by atoms with Crippen molar-refractivity contribution in [1.82, 2.24) is 9.78 Å². The summed E-state index contributed by atoms with van der Waals surface area (Å²) in [6.45, 7) is 5.42. The number of aryl methyl sites for hydroxylation is 1. The molecule has 2 heterocycles. The number of aromatic carboxylic acids is 1. The highest BCUT2D eigenvalue weighted by Crippen LogP contribution is 2.43. The Balaban J connectivity index is 2.20. The third kappa shape index (κ3) is 2.76. The third-order valence-corrected chi connectivity index (χ3v) is 3.90. The summed E-state index contributed by atoms with van der Waals surface area (Å²) in [5.74, 6) is 0.667. The Morgan fingerprint density at radius 2 is 2.04 bits per heavy atom. The lowest BCUT2D eigenvalue weighted by molar-refractivity contribution is 0.0689. The number of carboxylic acids is 1. The van der Waals surface area contributed by atoms with Gasteiger partial charge in [0, 0.05) is 24.6 Å². The zero-order valence-corrected chi connectivity index (χ0v) is 13.5. The lowest BCUT2D eigenvalue weighted by Crippen LogP contribution is -2.03. The number of hydrogen-bond donors (Lipinski definition) is 1. The van der Waals surface area contributed by atoms with Crippen molar-refractivity contribution in [2.24, 2.45) is 7.05 Å². The Morgan fingerprint density at radius 1 is 1.30 bits per heavy atom. The average molecular weight is 316 g/mol. The quantitative estimate of drug-likeness (QED) is 0.942. The fourth-order valence-electron chi connectivity index (χ4n) is 2.88. The first-order chi connectivity index (χ1) is 11.0. The van der Waals surface area contributed by atoms with Crippen LogP contribution in [0.15, 0.2) is 18.2 Å². The highest BCUT2D eigenvalue weighted by molar-refractivity contribution is 5.87. The number of fused-ring (bicyclic) bond motifs is 1. The molecule has 0 spiro atoms. The molecule has 0 fully saturated rings. The Kier molecular flexibility index (Phi) is 3.98. The van der Waals surface area contributed by atoms with E-state index in [2.05, 4.69) is 18.9 Å². The van der Waals surface area contributed by atoms with E-state index < -0.39 is 5.97 Å². The molecule has 6 nitrogen and oxygen atoms in total. The molecule has 0 bridgehead atoms. The number of carbonyl (C=O) groups is 1. The zero-order chi connectivity index (χ0) is 16.6. The van der Waals surface area contributed by atoms with Gasteiger partial charge in [-0.2, -0.15) is 5.10 Å². The summed E-state index contributed by atoms with van der Waals surface area (Å²) in [4.78, 5) is 11.2. The van der Waals surface area contributed by atoms with Gasteiger partial charge in [-0.1, -0.05) is 13.8 Å². The van der Waals surface area contributed by atoms with Gasteiger partial charge in [0.2, 0.25) is 0 Å². The Bertz CT molecular complexity index is 749. The number of ether oxygens (including phenoxy) is 2. The number of aromatic nitrogens is 2. The lowest BCUT2D eigenvalue weighted by Gasteiger charge is -2.19. The molecule has 0 aliphatic carbocycles. The highest BCUT2D eigenvalue weighted by atomic mass is 16.5. The molecule has 122 valence electrons. The zero-order valence-electron chi connectivity index (χ0n) is 13.5. The van der Waals surface area contributed by atoms with Gasteiger partial charge in [0.1, 0.15) is 0 Å². The van der Waals surface area contributed by atoms with Gasteiger partial charge in [-0.05, 0) is 24.1 Å². The van der Waals surface area contributed by atoms with E-state index in [1.165, 1.54) is 0 Å². The number of rotatable bonds is 3. The van der Waals surface area contributed by atoms with Crippen molar-refractivity contribution in [3.05, 3.63) is 29.5 Å². The summed E-state index contributed by atoms with van der Waals surface area (Å²) in [6, 6.07) is 5.42. The van der Waals surface area contributed by atoms with E-state index in [1.54, 1.807) is 17.8 Å². The summed E-state index contributed by atoms with van der Waals surface area (Å²) in [5, 5.41) is 13.2. The maximum absolute atomic E-state index is 11.2. The minimum absolute atomic E-state index is 0.0318. The molecule has 1 aliphatic heterocycles. The van der Waals surface area contributed by atoms with E-state index in [4.69, 9.17) is 14.6 Å². The van der Waals surface area contributed by atoms with Gasteiger partial charge in [-0.15, -0.1) is 0 Å². The van der Waals surface area contributed by atoms with Crippen molar-refractivity contribution in [2.45, 2.75) is 26.2 Å². The van der Waals surface area contributed by atoms with Crippen LogP contribution in [0, 0.1) is 0 Å². The molecule has 1 aliphatic rings. The molecule has 6 heteroatoms. The van der Waals surface area contributed by atoms with E-state index in [0.717, 1.165) is 34.7 Å². The van der Waals surface area contributed by atoms with Crippen LogP contribution in [0.4, 0.5) is 0 Å². The normalized spacial score (nSPS) is 13.9. The Labute approximate surface area is 134 Å². The van der Waals surface area contributed by atoms with Crippen molar-refractivity contribution in [1.29, 1.82) is 0 Å². The van der Waals surface area contributed by atoms with Crippen molar-refractivity contribution < 1.29 is 19.4 Å². The van der Waals surface area contributed by atoms with Gasteiger partial charge < -0.3 is 14.6 Å². The van der Waals surface area contributed by atoms with Crippen molar-refractivity contribution in [2.75, 3.05) is 13.2 Å². The molecule has 0 unspecified atom stereocenters. The maximum atomic E-state index is 11.2. The van der Waals surface area contributed by atoms with Crippen LogP contribution in [0.3, 0.4) is 0 Å². The van der Waals surface area contributed by atoms with Crippen LogP contribution in [0.5, 0.6) is 11.5 Å². The van der Waals surface area contributed by atoms with Gasteiger partial charge in [-0.3, -0.25) is 4.68 Å². The molecule has 0 atom stereocenters. The van der Waals surface area contributed by atoms with Crippen LogP contribution in [0.25, 0.3) is 11.3 Å². The van der Waals surface area contributed by atoms with Gasteiger partial charge >= 0.3 is 5.97 Å². The molecule has 0 amide bonds. The van der Waals surface area contributed by atoms with Crippen LogP contribution in [-0.2, 0) is 7.05 Å². The Morgan fingerprint density at radius 3 is 2.70 bits per heavy atom. The molecule has 3 rings (SSSR count). The first kappa shape index (κ1) is 15.4. The van der Waals surface area contributed by atoms with Gasteiger partial charge in [0.15, 0.2) is 17.2 Å². The van der Waals surface area contributed by atoms with Gasteiger partial charge in [0.25, 0.3) is 0 Å². The first-order valence-corrected chi connectivity index (χ1v) is 7.69. The second-order valence-corrected chi connectivity index (χ2v) is 5.90. The lowest BCUT2D eigenvalue weighted by atomic mass is 9.93. The van der Waals surface area contributed by atoms with Crippen LogP contribution in [-0.4, -0.2) is 34.1 Å². The van der Waals surface area contributed by atoms with Crippen LogP contribution in [0.2, 0.25) is 0 Å². The fourth-order valence-corrected chi connectivity index (χ4v) is 2.88. The number of carboxylic acid groups (broad SMARTS) is 1. The molecule has 23 heavy (non-hydrogen) atoms. The summed E-state index contributed by atoms with van der Waals surface area (Å²) in [5.41, 5.74) is 2.72. The molecule has 1 aromatic heterocycles. The summed E-state index contributed by atoms with van der Waals surface area (Å²) >= 11 is 0. The summed E-state index contributed by atoms with van der Waals surface area (Å²) < 4.78 is 13.3. The van der Waals surface area contributed by atoms with E-state index in [1.807, 2.05) is 12.1 Å². The standard InChI is InChI=1S/C17H20N2O4/c1-10(2)15-11(13-9-12(17(20)21)18-19(13)3)5-6-14-16(15)23-8-4-7-22-14/h5-6,9-10H,4,7-8H2,1-3H3,(H,20,21). The average Bonchev–Trinajstić information content (AvgIpc) is 2.74. The fraction of sp³-hybridized carbons (Fsp3) is 0.412. The number of nitrogens with zero attached hydrogens (tertiary/aromatic N) is 2. The predicted molar refractivity (Wildman–Crippen MR) is 85.3 cm³/mol. The highest BCUT2D eigenvalue weighted by Gasteiger charge is 2.23. The first-order valence-electron chi connectivity index (χ1n) is 7.69. The molecule has 0 saturated carbocycles. The minimum Gasteiger partial charge on any atom is -0.490 e. The van der Waals surface area contributed by atoms with E-state index in [-0.39, 0.29) is 11.6 Å². The predicted octanol–water partition coefficient (Wildman–Crippen LogP) is 3.07. The molecule has 1 N–H and O–H groups in total. The third-order valence-electron chi connectivity index (χ3n) is 3.90. The monoisotopic (exact) mass is 316 g/mol. The Hall–Kier alpha value is -2.50. The van der Waals surface area contributed by atoms with E-state index in [0.29, 0.717) is 13.2 Å². The van der Waals surface area contributed by atoms with Crippen molar-refractivity contribution >= 4 is 5.97 Å². The minimum atomic E-state index is -1.03. The molecule has 0 saturated heterocycles. The second-order valence-electron chi connectivity index (χ2n) is 5.90. The number of benzene rings is 1. The second kappa shape index (κ2) is 5.95. The van der Waals surface area contributed by atoms with E-state index in [9.17, 15) is 4.79 Å². The maximum Gasteiger partial charge on any atom is 0.356 e. The summed E-state index contributed by atoms with van der Waals surface area (Å²) in [7, 11) is 1.74. The largest absolute Gasteiger partial charge is 0.490 e. The van der Waals surface area contributed by atoms with Gasteiger partial charge in [0.05, 0.1) is 18.9 Å². The molecular formula is C17H20N2O4. The smallest absolute Gasteiger partial charge is 0.356 e. The van der Waals surface area contributed by atoms with E-state index >= 15 is 0 Å². The molecule has 0 radical (unpaired) electrons. The molecule has 1 aromatic carbocycles. The summed E-state index contributed by atoms with van der Waals surface area (Å²) in [6.07, 6.45) is 0.844. The molecular weight excluding hydrogens is 296 g/mol. The van der Waals surface area contributed by atoms with Crippen LogP contribution in [0.1, 0.15) is 42.2 Å².